The van der Waals surface area contributed by atoms with Crippen LogP contribution in [0.25, 0.3) is 0 Å². The van der Waals surface area contributed by atoms with Crippen molar-refractivity contribution >= 4 is 5.91 Å². The average molecular weight is 346 g/mol. The van der Waals surface area contributed by atoms with E-state index in [0.717, 1.165) is 38.0 Å². The Morgan fingerprint density at radius 2 is 2.04 bits per heavy atom. The van der Waals surface area contributed by atoms with E-state index in [9.17, 15) is 4.79 Å². The molecule has 0 bridgehead atoms. The van der Waals surface area contributed by atoms with E-state index >= 15 is 0 Å². The van der Waals surface area contributed by atoms with E-state index in [1.807, 2.05) is 29.3 Å². The van der Waals surface area contributed by atoms with Crippen LogP contribution in [0.15, 0.2) is 61.1 Å². The standard InChI is InChI=1S/C21H22N4O/c26-21(17-8-4-10-22-13-17)25-11-5-9-18(15-25)20-19(14-23-24-20)12-16-6-2-1-3-7-16/h1-4,6-8,10,13-14,18H,5,9,11-12,15H2,(H,23,24). The second-order valence-electron chi connectivity index (χ2n) is 6.80. The van der Waals surface area contributed by atoms with Crippen molar-refractivity contribution in [3.8, 4) is 0 Å². The largest absolute Gasteiger partial charge is 0.338 e. The van der Waals surface area contributed by atoms with Crippen molar-refractivity contribution in [1.29, 1.82) is 0 Å². The van der Waals surface area contributed by atoms with Gasteiger partial charge in [0.25, 0.3) is 5.91 Å². The van der Waals surface area contributed by atoms with Crippen molar-refractivity contribution in [2.45, 2.75) is 25.2 Å². The quantitative estimate of drug-likeness (QED) is 0.787. The molecule has 1 fully saturated rings. The maximum Gasteiger partial charge on any atom is 0.255 e. The summed E-state index contributed by atoms with van der Waals surface area (Å²) in [7, 11) is 0. The second kappa shape index (κ2) is 7.52. The summed E-state index contributed by atoms with van der Waals surface area (Å²) in [5.74, 6) is 0.359. The number of pyridine rings is 1. The van der Waals surface area contributed by atoms with Gasteiger partial charge in [-0.1, -0.05) is 30.3 Å². The molecule has 0 saturated carbocycles. The Kier molecular flexibility index (Phi) is 4.78. The number of nitrogens with one attached hydrogen (secondary N) is 1. The molecule has 1 atom stereocenters. The molecule has 1 N–H and O–H groups in total. The van der Waals surface area contributed by atoms with Gasteiger partial charge in [-0.05, 0) is 36.1 Å². The number of rotatable bonds is 4. The monoisotopic (exact) mass is 346 g/mol. The van der Waals surface area contributed by atoms with Crippen LogP contribution >= 0.6 is 0 Å². The van der Waals surface area contributed by atoms with E-state index in [2.05, 4.69) is 39.4 Å². The van der Waals surface area contributed by atoms with Gasteiger partial charge in [0.05, 0.1) is 11.8 Å². The molecule has 1 amide bonds. The fraction of sp³-hybridized carbons (Fsp3) is 0.286. The van der Waals surface area contributed by atoms with Crippen LogP contribution in [-0.4, -0.2) is 39.1 Å². The molecule has 1 aliphatic heterocycles. The lowest BCUT2D eigenvalue weighted by Crippen LogP contribution is -2.39. The molecule has 0 aliphatic carbocycles. The summed E-state index contributed by atoms with van der Waals surface area (Å²) in [6, 6.07) is 14.1. The molecule has 1 saturated heterocycles. The number of amides is 1. The van der Waals surface area contributed by atoms with E-state index < -0.39 is 0 Å². The highest BCUT2D eigenvalue weighted by molar-refractivity contribution is 5.94. The predicted octanol–water partition coefficient (Wildman–Crippen LogP) is 3.42. The van der Waals surface area contributed by atoms with Gasteiger partial charge in [-0.3, -0.25) is 14.9 Å². The zero-order valence-corrected chi connectivity index (χ0v) is 14.6. The number of aromatic amines is 1. The van der Waals surface area contributed by atoms with Crippen LogP contribution < -0.4 is 0 Å². The van der Waals surface area contributed by atoms with Gasteiger partial charge in [0.1, 0.15) is 0 Å². The van der Waals surface area contributed by atoms with Crippen LogP contribution in [0.2, 0.25) is 0 Å². The Hall–Kier alpha value is -2.95. The predicted molar refractivity (Wildman–Crippen MR) is 100.0 cm³/mol. The van der Waals surface area contributed by atoms with Gasteiger partial charge in [0.2, 0.25) is 0 Å². The number of hydrogen-bond donors (Lipinski definition) is 1. The topological polar surface area (TPSA) is 61.9 Å². The average Bonchev–Trinajstić information content (AvgIpc) is 3.17. The molecule has 5 heteroatoms. The highest BCUT2D eigenvalue weighted by Gasteiger charge is 2.28. The summed E-state index contributed by atoms with van der Waals surface area (Å²) in [6.45, 7) is 1.52. The molecule has 132 valence electrons. The lowest BCUT2D eigenvalue weighted by molar-refractivity contribution is 0.0705. The molecule has 3 aromatic rings. The highest BCUT2D eigenvalue weighted by atomic mass is 16.2. The Morgan fingerprint density at radius 3 is 2.85 bits per heavy atom. The molecule has 3 heterocycles. The van der Waals surface area contributed by atoms with Crippen LogP contribution in [0.3, 0.4) is 0 Å². The fourth-order valence-electron chi connectivity index (χ4n) is 3.70. The smallest absolute Gasteiger partial charge is 0.255 e. The Balaban J connectivity index is 1.50. The number of likely N-dealkylation sites (tertiary alicyclic amines) is 1. The molecule has 1 aliphatic rings. The van der Waals surface area contributed by atoms with Gasteiger partial charge in [-0.2, -0.15) is 5.10 Å². The van der Waals surface area contributed by atoms with Crippen molar-refractivity contribution in [3.63, 3.8) is 0 Å². The molecular formula is C21H22N4O. The highest BCUT2D eigenvalue weighted by Crippen LogP contribution is 2.29. The van der Waals surface area contributed by atoms with E-state index in [-0.39, 0.29) is 5.91 Å². The number of benzene rings is 1. The minimum absolute atomic E-state index is 0.0620. The molecule has 5 nitrogen and oxygen atoms in total. The Morgan fingerprint density at radius 1 is 1.15 bits per heavy atom. The number of carbonyl (C=O) groups is 1. The first-order chi connectivity index (χ1) is 12.8. The normalized spacial score (nSPS) is 17.2. The van der Waals surface area contributed by atoms with E-state index in [0.29, 0.717) is 11.5 Å². The fourth-order valence-corrected chi connectivity index (χ4v) is 3.70. The molecule has 0 radical (unpaired) electrons. The van der Waals surface area contributed by atoms with Gasteiger partial charge < -0.3 is 4.90 Å². The summed E-state index contributed by atoms with van der Waals surface area (Å²) < 4.78 is 0. The van der Waals surface area contributed by atoms with Crippen LogP contribution in [-0.2, 0) is 6.42 Å². The molecule has 2 aromatic heterocycles. The number of aromatic nitrogens is 3. The van der Waals surface area contributed by atoms with Gasteiger partial charge in [0, 0.05) is 43.5 Å². The van der Waals surface area contributed by atoms with Crippen LogP contribution in [0.4, 0.5) is 0 Å². The minimum atomic E-state index is 0.0620. The third-order valence-corrected chi connectivity index (χ3v) is 5.01. The van der Waals surface area contributed by atoms with Crippen molar-refractivity contribution in [3.05, 3.63) is 83.4 Å². The first-order valence-corrected chi connectivity index (χ1v) is 9.06. The summed E-state index contributed by atoms with van der Waals surface area (Å²) in [6.07, 6.45) is 8.18. The number of hydrogen-bond acceptors (Lipinski definition) is 3. The van der Waals surface area contributed by atoms with Crippen LogP contribution in [0, 0.1) is 0 Å². The van der Waals surface area contributed by atoms with Crippen molar-refractivity contribution < 1.29 is 4.79 Å². The van der Waals surface area contributed by atoms with Gasteiger partial charge >= 0.3 is 0 Å². The number of nitrogens with zero attached hydrogens (tertiary/aromatic N) is 3. The first-order valence-electron chi connectivity index (χ1n) is 9.06. The summed E-state index contributed by atoms with van der Waals surface area (Å²) in [4.78, 5) is 18.8. The first kappa shape index (κ1) is 16.5. The number of carbonyl (C=O) groups excluding carboxylic acids is 1. The van der Waals surface area contributed by atoms with Crippen molar-refractivity contribution in [2.75, 3.05) is 13.1 Å². The lowest BCUT2D eigenvalue weighted by atomic mass is 9.90. The maximum absolute atomic E-state index is 12.8. The second-order valence-corrected chi connectivity index (χ2v) is 6.80. The zero-order valence-electron chi connectivity index (χ0n) is 14.6. The van der Waals surface area contributed by atoms with E-state index in [1.165, 1.54) is 11.1 Å². The molecule has 1 unspecified atom stereocenters. The number of H-pyrrole nitrogens is 1. The molecular weight excluding hydrogens is 324 g/mol. The van der Waals surface area contributed by atoms with Crippen molar-refractivity contribution in [1.82, 2.24) is 20.1 Å². The summed E-state index contributed by atoms with van der Waals surface area (Å²) in [5.41, 5.74) is 4.31. The molecule has 26 heavy (non-hydrogen) atoms. The zero-order chi connectivity index (χ0) is 17.8. The Labute approximate surface area is 153 Å². The Bertz CT molecular complexity index is 860. The summed E-state index contributed by atoms with van der Waals surface area (Å²) in [5, 5.41) is 7.48. The SMILES string of the molecule is O=C(c1cccnc1)N1CCCC(c2[nH]ncc2Cc2ccccc2)C1. The molecule has 4 rings (SSSR count). The lowest BCUT2D eigenvalue weighted by Gasteiger charge is -2.32. The maximum atomic E-state index is 12.8. The van der Waals surface area contributed by atoms with Crippen LogP contribution in [0.1, 0.15) is 45.9 Å². The minimum Gasteiger partial charge on any atom is -0.338 e. The van der Waals surface area contributed by atoms with E-state index in [1.54, 1.807) is 12.4 Å². The number of piperidine rings is 1. The van der Waals surface area contributed by atoms with Gasteiger partial charge in [-0.25, -0.2) is 0 Å². The van der Waals surface area contributed by atoms with E-state index in [4.69, 9.17) is 0 Å². The van der Waals surface area contributed by atoms with Crippen LogP contribution in [0.5, 0.6) is 0 Å². The summed E-state index contributed by atoms with van der Waals surface area (Å²) >= 11 is 0. The molecule has 0 spiro atoms. The third kappa shape index (κ3) is 3.52. The molecule has 1 aromatic carbocycles. The third-order valence-electron chi connectivity index (χ3n) is 5.01. The van der Waals surface area contributed by atoms with Crippen molar-refractivity contribution in [2.24, 2.45) is 0 Å². The van der Waals surface area contributed by atoms with Gasteiger partial charge in [-0.15, -0.1) is 0 Å². The van der Waals surface area contributed by atoms with Gasteiger partial charge in [0.15, 0.2) is 0 Å².